The highest BCUT2D eigenvalue weighted by Crippen LogP contribution is 2.31. The van der Waals surface area contributed by atoms with Crippen LogP contribution >= 0.6 is 0 Å². The summed E-state index contributed by atoms with van der Waals surface area (Å²) in [6, 6.07) is 11.8. The van der Waals surface area contributed by atoms with Crippen LogP contribution in [0.15, 0.2) is 59.1 Å². The second-order valence-electron chi connectivity index (χ2n) is 7.85. The van der Waals surface area contributed by atoms with Crippen molar-refractivity contribution in [3.63, 3.8) is 0 Å². The summed E-state index contributed by atoms with van der Waals surface area (Å²) >= 11 is 0. The fourth-order valence-corrected chi connectivity index (χ4v) is 9.35. The summed E-state index contributed by atoms with van der Waals surface area (Å²) in [6.45, 7) is 0.235. The van der Waals surface area contributed by atoms with Gasteiger partial charge in [0.1, 0.15) is 8.07 Å². The normalized spacial score (nSPS) is 18.4. The number of benzene rings is 2. The van der Waals surface area contributed by atoms with Gasteiger partial charge in [-0.05, 0) is 42.4 Å². The van der Waals surface area contributed by atoms with Gasteiger partial charge in [-0.2, -0.15) is 0 Å². The molecule has 0 N–H and O–H groups in total. The molecule has 176 valence electrons. The van der Waals surface area contributed by atoms with Crippen LogP contribution in [0.4, 0.5) is 5.69 Å². The quantitative estimate of drug-likeness (QED) is 0.301. The number of non-ortho nitro benzene ring substituents is 1. The molecule has 1 aliphatic heterocycles. The summed E-state index contributed by atoms with van der Waals surface area (Å²) in [6.07, 6.45) is 2.02. The average Bonchev–Trinajstić information content (AvgIpc) is 2.83. The number of nitro groups is 1. The third kappa shape index (κ3) is 5.15. The van der Waals surface area contributed by atoms with Gasteiger partial charge in [0.15, 0.2) is 17.3 Å². The predicted octanol–water partition coefficient (Wildman–Crippen LogP) is 2.66. The summed E-state index contributed by atoms with van der Waals surface area (Å²) in [5.41, 5.74) is 1.81. The van der Waals surface area contributed by atoms with Gasteiger partial charge in [-0.1, -0.05) is 17.0 Å². The van der Waals surface area contributed by atoms with Crippen molar-refractivity contribution in [3.05, 3.63) is 64.4 Å². The SMILES string of the molecule is COc1ccc([Si@]2(CCN(C)S(=O)(=O)c3ccc([N+](=O)[O-])cc3)C=CC(=O)CC2)cc1OC. The number of allylic oxidation sites excluding steroid dienone is 1. The van der Waals surface area contributed by atoms with Gasteiger partial charge in [0.25, 0.3) is 5.69 Å². The molecule has 1 atom stereocenters. The van der Waals surface area contributed by atoms with E-state index in [2.05, 4.69) is 0 Å². The Balaban J connectivity index is 1.88. The molecule has 0 saturated carbocycles. The third-order valence-corrected chi connectivity index (χ3v) is 12.4. The lowest BCUT2D eigenvalue weighted by Crippen LogP contribution is -2.50. The topological polar surface area (TPSA) is 116 Å². The summed E-state index contributed by atoms with van der Waals surface area (Å²) in [5.74, 6) is 1.24. The fraction of sp³-hybridized carbons (Fsp3) is 0.318. The highest BCUT2D eigenvalue weighted by Gasteiger charge is 2.37. The number of ketones is 1. The van der Waals surface area contributed by atoms with E-state index in [1.165, 1.54) is 35.6 Å². The Hall–Kier alpha value is -3.02. The molecule has 3 rings (SSSR count). The highest BCUT2D eigenvalue weighted by atomic mass is 32.2. The minimum atomic E-state index is -3.83. The molecular formula is C22H26N2O7SSi. The van der Waals surface area contributed by atoms with Crippen LogP contribution in [0.1, 0.15) is 6.42 Å². The first-order valence-corrected chi connectivity index (χ1v) is 14.2. The first-order valence-electron chi connectivity index (χ1n) is 10.3. The van der Waals surface area contributed by atoms with Crippen molar-refractivity contribution < 1.29 is 27.6 Å². The van der Waals surface area contributed by atoms with Gasteiger partial charge in [0.05, 0.1) is 24.0 Å². The van der Waals surface area contributed by atoms with Crippen molar-refractivity contribution in [2.45, 2.75) is 23.4 Å². The summed E-state index contributed by atoms with van der Waals surface area (Å²) in [5, 5.41) is 11.9. The van der Waals surface area contributed by atoms with E-state index in [4.69, 9.17) is 9.47 Å². The molecule has 11 heteroatoms. The Bertz CT molecular complexity index is 1180. The van der Waals surface area contributed by atoms with E-state index in [0.29, 0.717) is 30.0 Å². The van der Waals surface area contributed by atoms with Gasteiger partial charge in [-0.25, -0.2) is 12.7 Å². The Morgan fingerprint density at radius 2 is 1.76 bits per heavy atom. The number of carbonyl (C=O) groups excluding carboxylic acids is 1. The number of rotatable bonds is 9. The highest BCUT2D eigenvalue weighted by molar-refractivity contribution is 7.89. The molecule has 0 amide bonds. The van der Waals surface area contributed by atoms with E-state index in [-0.39, 0.29) is 22.9 Å². The fourth-order valence-electron chi connectivity index (χ4n) is 3.90. The molecule has 0 bridgehead atoms. The van der Waals surface area contributed by atoms with Crippen LogP contribution in [0.5, 0.6) is 11.5 Å². The molecule has 1 heterocycles. The van der Waals surface area contributed by atoms with Crippen LogP contribution in [0.2, 0.25) is 12.1 Å². The molecule has 0 radical (unpaired) electrons. The molecule has 2 aromatic carbocycles. The molecule has 0 saturated heterocycles. The first-order chi connectivity index (χ1) is 15.6. The Morgan fingerprint density at radius 1 is 1.09 bits per heavy atom. The van der Waals surface area contributed by atoms with Crippen molar-refractivity contribution in [2.75, 3.05) is 27.8 Å². The summed E-state index contributed by atoms with van der Waals surface area (Å²) in [4.78, 5) is 22.2. The maximum absolute atomic E-state index is 13.0. The maximum atomic E-state index is 13.0. The lowest BCUT2D eigenvalue weighted by atomic mass is 10.3. The molecule has 9 nitrogen and oxygen atoms in total. The Kier molecular flexibility index (Phi) is 7.35. The smallest absolute Gasteiger partial charge is 0.269 e. The van der Waals surface area contributed by atoms with E-state index in [1.54, 1.807) is 20.3 Å². The number of sulfonamides is 1. The van der Waals surface area contributed by atoms with E-state index in [0.717, 1.165) is 5.19 Å². The van der Waals surface area contributed by atoms with Crippen LogP contribution in [-0.4, -0.2) is 59.3 Å². The minimum absolute atomic E-state index is 0.00759. The van der Waals surface area contributed by atoms with Crippen molar-refractivity contribution in [2.24, 2.45) is 0 Å². The Morgan fingerprint density at radius 3 is 2.30 bits per heavy atom. The van der Waals surface area contributed by atoms with Crippen molar-refractivity contribution in [1.29, 1.82) is 0 Å². The lowest BCUT2D eigenvalue weighted by molar-refractivity contribution is -0.384. The number of methoxy groups -OCH3 is 2. The molecule has 2 aromatic rings. The van der Waals surface area contributed by atoms with Gasteiger partial charge in [-0.3, -0.25) is 14.9 Å². The molecule has 0 fully saturated rings. The molecule has 0 unspecified atom stereocenters. The van der Waals surface area contributed by atoms with E-state index in [1.807, 2.05) is 23.9 Å². The molecule has 0 spiro atoms. The van der Waals surface area contributed by atoms with Crippen LogP contribution in [0, 0.1) is 10.1 Å². The second-order valence-corrected chi connectivity index (χ2v) is 14.1. The summed E-state index contributed by atoms with van der Waals surface area (Å²) in [7, 11) is -1.61. The van der Waals surface area contributed by atoms with Gasteiger partial charge < -0.3 is 9.47 Å². The van der Waals surface area contributed by atoms with Crippen molar-refractivity contribution >= 4 is 34.8 Å². The number of ether oxygens (including phenoxy) is 2. The first kappa shape index (κ1) is 24.6. The number of nitro benzene ring substituents is 1. The molecular weight excluding hydrogens is 464 g/mol. The monoisotopic (exact) mass is 490 g/mol. The van der Waals surface area contributed by atoms with Crippen molar-refractivity contribution in [3.8, 4) is 11.5 Å². The average molecular weight is 491 g/mol. The molecule has 1 aliphatic rings. The zero-order chi connectivity index (χ0) is 24.2. The maximum Gasteiger partial charge on any atom is 0.269 e. The van der Waals surface area contributed by atoms with Gasteiger partial charge in [-0.15, -0.1) is 0 Å². The predicted molar refractivity (Wildman–Crippen MR) is 126 cm³/mol. The number of hydrogen-bond acceptors (Lipinski definition) is 7. The van der Waals surface area contributed by atoms with E-state index >= 15 is 0 Å². The van der Waals surface area contributed by atoms with E-state index in [9.17, 15) is 23.3 Å². The molecule has 33 heavy (non-hydrogen) atoms. The number of hydrogen-bond donors (Lipinski definition) is 0. The van der Waals surface area contributed by atoms with Crippen molar-refractivity contribution in [1.82, 2.24) is 4.31 Å². The number of carbonyl (C=O) groups is 1. The summed E-state index contributed by atoms with van der Waals surface area (Å²) < 4.78 is 38.1. The number of nitrogens with zero attached hydrogens (tertiary/aromatic N) is 2. The largest absolute Gasteiger partial charge is 0.493 e. The lowest BCUT2D eigenvalue weighted by Gasteiger charge is -2.33. The Labute approximate surface area is 193 Å². The van der Waals surface area contributed by atoms with Crippen LogP contribution in [-0.2, 0) is 14.8 Å². The second kappa shape index (κ2) is 9.85. The zero-order valence-corrected chi connectivity index (χ0v) is 20.5. The van der Waals surface area contributed by atoms with Crippen LogP contribution < -0.4 is 14.7 Å². The third-order valence-electron chi connectivity index (χ3n) is 5.99. The van der Waals surface area contributed by atoms with Crippen LogP contribution in [0.3, 0.4) is 0 Å². The van der Waals surface area contributed by atoms with Crippen LogP contribution in [0.25, 0.3) is 0 Å². The van der Waals surface area contributed by atoms with Gasteiger partial charge >= 0.3 is 0 Å². The van der Waals surface area contributed by atoms with Gasteiger partial charge in [0.2, 0.25) is 10.0 Å². The van der Waals surface area contributed by atoms with Gasteiger partial charge in [0, 0.05) is 32.1 Å². The molecule has 0 aliphatic carbocycles. The standard InChI is InChI=1S/C22H26N2O7SSi/c1-23(32(28,29)19-6-4-17(5-7-19)24(26)27)12-15-33(13-10-18(25)11-14-33)20-8-9-21(30-2)22(16-20)31-3/h4-10,13,16H,11-12,14-15H2,1-3H3/t33-/m1/s1. The zero-order valence-electron chi connectivity index (χ0n) is 18.7. The minimum Gasteiger partial charge on any atom is -0.493 e. The molecule has 0 aromatic heterocycles. The van der Waals surface area contributed by atoms with E-state index < -0.39 is 23.0 Å².